The molecule has 8 nitrogen and oxygen atoms in total. The zero-order valence-corrected chi connectivity index (χ0v) is 20.4. The van der Waals surface area contributed by atoms with Gasteiger partial charge < -0.3 is 19.3 Å². The van der Waals surface area contributed by atoms with Gasteiger partial charge in [0.1, 0.15) is 17.7 Å². The number of aliphatic hydroxyl groups is 1. The molecule has 0 bridgehead atoms. The van der Waals surface area contributed by atoms with E-state index in [9.17, 15) is 23.1 Å². The predicted molar refractivity (Wildman–Crippen MR) is 130 cm³/mol. The monoisotopic (exact) mass is 513 g/mol. The van der Waals surface area contributed by atoms with Crippen LogP contribution in [0.4, 0.5) is 18.0 Å². The van der Waals surface area contributed by atoms with Crippen LogP contribution in [0.1, 0.15) is 29.3 Å². The van der Waals surface area contributed by atoms with Gasteiger partial charge >= 0.3 is 6.03 Å². The molecule has 1 aromatic carbocycles. The minimum absolute atomic E-state index is 0.000875. The Bertz CT molecular complexity index is 1350. The van der Waals surface area contributed by atoms with Gasteiger partial charge in [-0.05, 0) is 37.1 Å². The number of carbonyl (C=O) groups is 1. The Morgan fingerprint density at radius 2 is 1.86 bits per heavy atom. The number of benzene rings is 1. The average Bonchev–Trinajstić information content (AvgIpc) is 3.41. The van der Waals surface area contributed by atoms with Crippen molar-refractivity contribution in [2.75, 3.05) is 19.7 Å². The van der Waals surface area contributed by atoms with Crippen molar-refractivity contribution in [3.05, 3.63) is 70.9 Å². The van der Waals surface area contributed by atoms with E-state index in [4.69, 9.17) is 4.74 Å². The van der Waals surface area contributed by atoms with Crippen LogP contribution in [-0.4, -0.2) is 62.6 Å². The molecule has 1 atom stereocenters. The third kappa shape index (κ3) is 4.78. The highest BCUT2D eigenvalue weighted by molar-refractivity contribution is 5.79. The van der Waals surface area contributed by atoms with Crippen molar-refractivity contribution in [3.63, 3.8) is 0 Å². The Morgan fingerprint density at radius 3 is 2.57 bits per heavy atom. The van der Waals surface area contributed by atoms with Crippen molar-refractivity contribution in [1.82, 2.24) is 19.5 Å². The number of halogens is 3. The van der Waals surface area contributed by atoms with Crippen molar-refractivity contribution >= 4 is 12.2 Å². The normalized spacial score (nSPS) is 17.4. The number of aryl methyl sites for hydroxylation is 1. The van der Waals surface area contributed by atoms with E-state index in [1.54, 1.807) is 0 Å². The van der Waals surface area contributed by atoms with E-state index in [0.717, 1.165) is 29.1 Å². The van der Waals surface area contributed by atoms with E-state index in [1.165, 1.54) is 34.3 Å². The molecule has 11 heteroatoms. The smallest absolute Gasteiger partial charge is 0.341 e. The van der Waals surface area contributed by atoms with Crippen molar-refractivity contribution in [2.24, 2.45) is 5.10 Å². The number of hydrazone groups is 1. The number of nitrogens with zero attached hydrogens (tertiary/aromatic N) is 5. The third-order valence-corrected chi connectivity index (χ3v) is 6.66. The number of pyridine rings is 1. The van der Waals surface area contributed by atoms with Gasteiger partial charge in [-0.2, -0.15) is 5.10 Å². The number of amides is 2. The second-order valence-electron chi connectivity index (χ2n) is 9.21. The van der Waals surface area contributed by atoms with Crippen LogP contribution in [0.3, 0.4) is 0 Å². The van der Waals surface area contributed by atoms with E-state index in [-0.39, 0.29) is 25.4 Å². The molecular formula is C26H26F3N5O3. The van der Waals surface area contributed by atoms with Crippen LogP contribution in [0, 0.1) is 31.3 Å². The van der Waals surface area contributed by atoms with Gasteiger partial charge in [0.15, 0.2) is 11.6 Å². The van der Waals surface area contributed by atoms with Crippen LogP contribution >= 0.6 is 0 Å². The molecule has 2 aromatic heterocycles. The lowest BCUT2D eigenvalue weighted by molar-refractivity contribution is 0.0256. The van der Waals surface area contributed by atoms with Gasteiger partial charge in [-0.25, -0.2) is 23.0 Å². The molecule has 4 heterocycles. The fourth-order valence-corrected chi connectivity index (χ4v) is 4.83. The molecule has 194 valence electrons. The molecule has 1 N–H and O–H groups in total. The number of likely N-dealkylation sites (tertiary alicyclic amines) is 1. The van der Waals surface area contributed by atoms with E-state index in [2.05, 4.69) is 10.1 Å². The van der Waals surface area contributed by atoms with Gasteiger partial charge in [-0.15, -0.1) is 0 Å². The molecule has 1 saturated heterocycles. The molecule has 5 rings (SSSR count). The van der Waals surface area contributed by atoms with Gasteiger partial charge in [-0.1, -0.05) is 0 Å². The first-order valence-corrected chi connectivity index (χ1v) is 11.9. The summed E-state index contributed by atoms with van der Waals surface area (Å²) in [5.41, 5.74) is 3.55. The highest BCUT2D eigenvalue weighted by Crippen LogP contribution is 2.33. The topological polar surface area (TPSA) is 83.2 Å². The van der Waals surface area contributed by atoms with E-state index >= 15 is 0 Å². The Balaban J connectivity index is 1.26. The Kier molecular flexibility index (Phi) is 6.63. The molecule has 2 aliphatic heterocycles. The SMILES string of the molecule is Cc1cn(CCO)c(C)c1-c1cc(OC2CN(C(=O)N3N=CC[C@H]3c3cc(F)cc(F)c3)C2)c(F)cn1. The second-order valence-corrected chi connectivity index (χ2v) is 9.21. The van der Waals surface area contributed by atoms with Crippen LogP contribution in [0.15, 0.2) is 41.8 Å². The number of aromatic nitrogens is 2. The number of ether oxygens (including phenoxy) is 1. The van der Waals surface area contributed by atoms with Gasteiger partial charge in [0, 0.05) is 48.8 Å². The number of aliphatic hydroxyl groups excluding tert-OH is 1. The summed E-state index contributed by atoms with van der Waals surface area (Å²) in [6.07, 6.45) is 4.45. The molecule has 2 amide bonds. The largest absolute Gasteiger partial charge is 0.483 e. The standard InChI is InChI=1S/C26H26F3N5O3/c1-15-12-32(5-6-35)16(2)25(15)22-10-24(21(29)11-30-22)37-20-13-33(14-20)26(36)34-23(3-4-31-34)17-7-18(27)9-19(28)8-17/h4,7-12,20,23,35H,3,5-6,13-14H2,1-2H3/t23-/m0/s1. The van der Waals surface area contributed by atoms with Crippen molar-refractivity contribution in [1.29, 1.82) is 0 Å². The van der Waals surface area contributed by atoms with Gasteiger partial charge in [0.05, 0.1) is 37.6 Å². The molecule has 37 heavy (non-hydrogen) atoms. The van der Waals surface area contributed by atoms with Crippen LogP contribution < -0.4 is 4.74 Å². The summed E-state index contributed by atoms with van der Waals surface area (Å²) < 4.78 is 49.7. The van der Waals surface area contributed by atoms with Crippen LogP contribution in [0.2, 0.25) is 0 Å². The number of hydrogen-bond donors (Lipinski definition) is 1. The van der Waals surface area contributed by atoms with Crippen LogP contribution in [-0.2, 0) is 6.54 Å². The van der Waals surface area contributed by atoms with E-state index in [1.807, 2.05) is 24.6 Å². The number of rotatable bonds is 6. The van der Waals surface area contributed by atoms with Crippen LogP contribution in [0.5, 0.6) is 5.75 Å². The fourth-order valence-electron chi connectivity index (χ4n) is 4.83. The summed E-state index contributed by atoms with van der Waals surface area (Å²) in [6.45, 7) is 4.68. The Labute approximate surface area is 211 Å². The minimum atomic E-state index is -0.721. The highest BCUT2D eigenvalue weighted by atomic mass is 19.1. The first-order chi connectivity index (χ1) is 17.7. The maximum absolute atomic E-state index is 14.5. The Hall–Kier alpha value is -3.86. The van der Waals surface area contributed by atoms with Crippen molar-refractivity contribution in [2.45, 2.75) is 39.0 Å². The van der Waals surface area contributed by atoms with Crippen molar-refractivity contribution in [3.8, 4) is 17.0 Å². The zero-order chi connectivity index (χ0) is 26.3. The first-order valence-electron chi connectivity index (χ1n) is 11.9. The maximum Gasteiger partial charge on any atom is 0.341 e. The van der Waals surface area contributed by atoms with E-state index in [0.29, 0.717) is 24.2 Å². The molecule has 1 fully saturated rings. The molecule has 3 aromatic rings. The van der Waals surface area contributed by atoms with E-state index < -0.39 is 35.6 Å². The van der Waals surface area contributed by atoms with Gasteiger partial charge in [0.25, 0.3) is 0 Å². The molecule has 0 unspecified atom stereocenters. The summed E-state index contributed by atoms with van der Waals surface area (Å²) in [4.78, 5) is 18.7. The first kappa shape index (κ1) is 24.8. The maximum atomic E-state index is 14.5. The summed E-state index contributed by atoms with van der Waals surface area (Å²) in [6, 6.07) is 3.67. The quantitative estimate of drug-likeness (QED) is 0.536. The number of carbonyl (C=O) groups excluding carboxylic acids is 1. The lowest BCUT2D eigenvalue weighted by Gasteiger charge is -2.41. The highest BCUT2D eigenvalue weighted by Gasteiger charge is 2.39. The van der Waals surface area contributed by atoms with Gasteiger partial charge in [0.2, 0.25) is 0 Å². The zero-order valence-electron chi connectivity index (χ0n) is 20.4. The summed E-state index contributed by atoms with van der Waals surface area (Å²) in [5.74, 6) is -2.03. The lowest BCUT2D eigenvalue weighted by Crippen LogP contribution is -2.58. The minimum Gasteiger partial charge on any atom is -0.483 e. The molecule has 0 saturated carbocycles. The lowest BCUT2D eigenvalue weighted by atomic mass is 10.0. The summed E-state index contributed by atoms with van der Waals surface area (Å²) in [5, 5.41) is 14.6. The molecular weight excluding hydrogens is 487 g/mol. The van der Waals surface area contributed by atoms with Crippen molar-refractivity contribution < 1.29 is 27.8 Å². The summed E-state index contributed by atoms with van der Waals surface area (Å²) >= 11 is 0. The molecule has 0 spiro atoms. The number of hydrogen-bond acceptors (Lipinski definition) is 5. The Morgan fingerprint density at radius 1 is 1.14 bits per heavy atom. The summed E-state index contributed by atoms with van der Waals surface area (Å²) in [7, 11) is 0. The molecule has 0 aliphatic carbocycles. The number of urea groups is 1. The molecule has 2 aliphatic rings. The van der Waals surface area contributed by atoms with Gasteiger partial charge in [-0.3, -0.25) is 4.98 Å². The average molecular weight is 514 g/mol. The molecule has 0 radical (unpaired) electrons. The fraction of sp³-hybridized carbons (Fsp3) is 0.346. The third-order valence-electron chi connectivity index (χ3n) is 6.66. The van der Waals surface area contributed by atoms with Crippen LogP contribution in [0.25, 0.3) is 11.3 Å². The predicted octanol–water partition coefficient (Wildman–Crippen LogP) is 4.19. The second kappa shape index (κ2) is 9.89.